The number of aryl methyl sites for hydroxylation is 1. The molecule has 1 atom stereocenters. The quantitative estimate of drug-likeness (QED) is 0.873. The van der Waals surface area contributed by atoms with Gasteiger partial charge in [-0.25, -0.2) is 0 Å². The molecule has 2 aromatic rings. The van der Waals surface area contributed by atoms with Crippen molar-refractivity contribution < 1.29 is 14.3 Å². The predicted octanol–water partition coefficient (Wildman–Crippen LogP) is 2.59. The molecule has 1 aliphatic heterocycles. The fraction of sp³-hybridized carbons (Fsp3) is 0.429. The zero-order valence-electron chi connectivity index (χ0n) is 15.5. The van der Waals surface area contributed by atoms with Gasteiger partial charge < -0.3 is 19.8 Å². The minimum absolute atomic E-state index is 0.178. The first-order valence-electron chi connectivity index (χ1n) is 9.52. The highest BCUT2D eigenvalue weighted by Crippen LogP contribution is 2.30. The van der Waals surface area contributed by atoms with Gasteiger partial charge in [0.05, 0.1) is 13.2 Å². The summed E-state index contributed by atoms with van der Waals surface area (Å²) in [4.78, 5) is 27.8. The van der Waals surface area contributed by atoms with Gasteiger partial charge in [-0.1, -0.05) is 13.0 Å². The molecule has 1 aromatic carbocycles. The number of hydrogen-bond acceptors (Lipinski definition) is 4. The summed E-state index contributed by atoms with van der Waals surface area (Å²) < 4.78 is 11.3. The Morgan fingerprint density at radius 1 is 1.22 bits per heavy atom. The summed E-state index contributed by atoms with van der Waals surface area (Å²) in [6, 6.07) is 7.38. The number of benzene rings is 1. The van der Waals surface area contributed by atoms with E-state index in [2.05, 4.69) is 17.2 Å². The number of carbonyl (C=O) groups excluding carboxylic acids is 1. The lowest BCUT2D eigenvalue weighted by Gasteiger charge is -2.21. The minimum atomic E-state index is -0.357. The molecule has 2 aliphatic rings. The van der Waals surface area contributed by atoms with Crippen molar-refractivity contribution >= 4 is 5.91 Å². The van der Waals surface area contributed by atoms with Crippen LogP contribution < -0.4 is 20.3 Å². The van der Waals surface area contributed by atoms with Crippen molar-refractivity contribution in [2.24, 2.45) is 5.92 Å². The summed E-state index contributed by atoms with van der Waals surface area (Å²) in [6.45, 7) is 3.77. The topological polar surface area (TPSA) is 80.4 Å². The van der Waals surface area contributed by atoms with E-state index in [1.807, 2.05) is 18.2 Å². The maximum Gasteiger partial charge on any atom is 0.261 e. The predicted molar refractivity (Wildman–Crippen MR) is 101 cm³/mol. The molecule has 0 fully saturated rings. The molecule has 142 valence electrons. The number of amides is 1. The fourth-order valence-electron chi connectivity index (χ4n) is 3.65. The van der Waals surface area contributed by atoms with E-state index in [4.69, 9.17) is 9.47 Å². The number of aromatic nitrogens is 1. The smallest absolute Gasteiger partial charge is 0.261 e. The summed E-state index contributed by atoms with van der Waals surface area (Å²) >= 11 is 0. The van der Waals surface area contributed by atoms with E-state index >= 15 is 0 Å². The molecule has 1 aromatic heterocycles. The molecule has 6 nitrogen and oxygen atoms in total. The van der Waals surface area contributed by atoms with Crippen LogP contribution in [0, 0.1) is 5.92 Å². The molecule has 1 aliphatic carbocycles. The standard InChI is InChI=1S/C21H24N2O4/c1-13-3-5-17-15(9-13)11-16(21(25)23-17)20(24)22-12-14-4-6-18-19(10-14)27-8-2-7-26-18/h4,6,10-11,13H,2-3,5,7-9,12H2,1H3,(H,22,24)(H,23,25). The number of carbonyl (C=O) groups is 1. The molecule has 6 heteroatoms. The third kappa shape index (κ3) is 3.84. The molecule has 4 rings (SSSR count). The van der Waals surface area contributed by atoms with E-state index in [9.17, 15) is 9.59 Å². The highest BCUT2D eigenvalue weighted by atomic mass is 16.5. The SMILES string of the molecule is CC1CCc2[nH]c(=O)c(C(=O)NCc3ccc4c(c3)OCCCO4)cc2C1. The largest absolute Gasteiger partial charge is 0.490 e. The van der Waals surface area contributed by atoms with E-state index in [0.29, 0.717) is 31.4 Å². The monoisotopic (exact) mass is 368 g/mol. The third-order valence-electron chi connectivity index (χ3n) is 5.18. The van der Waals surface area contributed by atoms with Crippen LogP contribution in [-0.2, 0) is 19.4 Å². The van der Waals surface area contributed by atoms with Crippen molar-refractivity contribution in [2.75, 3.05) is 13.2 Å². The lowest BCUT2D eigenvalue weighted by molar-refractivity contribution is 0.0949. The van der Waals surface area contributed by atoms with Crippen LogP contribution in [0.2, 0.25) is 0 Å². The first kappa shape index (κ1) is 17.6. The average Bonchev–Trinajstić information content (AvgIpc) is 2.90. The third-order valence-corrected chi connectivity index (χ3v) is 5.18. The average molecular weight is 368 g/mol. The molecule has 0 saturated carbocycles. The number of fused-ring (bicyclic) bond motifs is 2. The van der Waals surface area contributed by atoms with Gasteiger partial charge in [-0.15, -0.1) is 0 Å². The number of H-pyrrole nitrogens is 1. The second-order valence-corrected chi connectivity index (χ2v) is 7.38. The molecule has 27 heavy (non-hydrogen) atoms. The molecule has 0 saturated heterocycles. The molecule has 1 amide bonds. The van der Waals surface area contributed by atoms with Gasteiger partial charge in [-0.3, -0.25) is 9.59 Å². The first-order valence-corrected chi connectivity index (χ1v) is 9.52. The molecule has 1 unspecified atom stereocenters. The zero-order chi connectivity index (χ0) is 18.8. The van der Waals surface area contributed by atoms with Gasteiger partial charge in [0, 0.05) is 18.7 Å². The molecule has 2 heterocycles. The lowest BCUT2D eigenvalue weighted by Crippen LogP contribution is -2.31. The van der Waals surface area contributed by atoms with Gasteiger partial charge in [-0.2, -0.15) is 0 Å². The zero-order valence-corrected chi connectivity index (χ0v) is 15.5. The van der Waals surface area contributed by atoms with Crippen LogP contribution in [0.4, 0.5) is 0 Å². The Bertz CT molecular complexity index is 919. The maximum absolute atomic E-state index is 12.6. The van der Waals surface area contributed by atoms with Gasteiger partial charge in [0.15, 0.2) is 11.5 Å². The highest BCUT2D eigenvalue weighted by molar-refractivity contribution is 5.94. The molecular formula is C21H24N2O4. The highest BCUT2D eigenvalue weighted by Gasteiger charge is 2.20. The Hall–Kier alpha value is -2.76. The van der Waals surface area contributed by atoms with E-state index in [-0.39, 0.29) is 17.0 Å². The first-order chi connectivity index (χ1) is 13.1. The van der Waals surface area contributed by atoms with Crippen LogP contribution in [0.1, 0.15) is 46.9 Å². The second-order valence-electron chi connectivity index (χ2n) is 7.38. The Labute approximate surface area is 157 Å². The number of nitrogens with one attached hydrogen (secondary N) is 2. The number of hydrogen-bond donors (Lipinski definition) is 2. The van der Waals surface area contributed by atoms with Crippen LogP contribution in [0.15, 0.2) is 29.1 Å². The Balaban J connectivity index is 1.48. The number of aromatic amines is 1. The molecule has 0 spiro atoms. The van der Waals surface area contributed by atoms with Gasteiger partial charge >= 0.3 is 0 Å². The molecule has 0 bridgehead atoms. The number of rotatable bonds is 3. The van der Waals surface area contributed by atoms with Crippen molar-refractivity contribution in [1.82, 2.24) is 10.3 Å². The normalized spacial score (nSPS) is 18.3. The van der Waals surface area contributed by atoms with Crippen LogP contribution in [0.3, 0.4) is 0 Å². The van der Waals surface area contributed by atoms with Gasteiger partial charge in [0.1, 0.15) is 5.56 Å². The van der Waals surface area contributed by atoms with Crippen molar-refractivity contribution in [3.8, 4) is 11.5 Å². The number of pyridine rings is 1. The lowest BCUT2D eigenvalue weighted by atomic mass is 9.87. The second kappa shape index (κ2) is 7.47. The molecule has 2 N–H and O–H groups in total. The minimum Gasteiger partial charge on any atom is -0.490 e. The summed E-state index contributed by atoms with van der Waals surface area (Å²) in [6.07, 6.45) is 3.68. The van der Waals surface area contributed by atoms with Crippen LogP contribution >= 0.6 is 0 Å². The van der Waals surface area contributed by atoms with Crippen LogP contribution in [-0.4, -0.2) is 24.1 Å². The van der Waals surface area contributed by atoms with Crippen molar-refractivity contribution in [3.63, 3.8) is 0 Å². The van der Waals surface area contributed by atoms with Gasteiger partial charge in [-0.05, 0) is 54.5 Å². The summed E-state index contributed by atoms with van der Waals surface area (Å²) in [5, 5.41) is 2.84. The number of ether oxygens (including phenoxy) is 2. The Morgan fingerprint density at radius 2 is 2.04 bits per heavy atom. The van der Waals surface area contributed by atoms with E-state index in [1.54, 1.807) is 6.07 Å². The van der Waals surface area contributed by atoms with Crippen molar-refractivity contribution in [3.05, 3.63) is 57.0 Å². The maximum atomic E-state index is 12.6. The van der Waals surface area contributed by atoms with Crippen molar-refractivity contribution in [2.45, 2.75) is 39.2 Å². The van der Waals surface area contributed by atoms with Crippen molar-refractivity contribution in [1.29, 1.82) is 0 Å². The van der Waals surface area contributed by atoms with Gasteiger partial charge in [0.2, 0.25) is 0 Å². The summed E-state index contributed by atoms with van der Waals surface area (Å²) in [5.41, 5.74) is 2.80. The summed E-state index contributed by atoms with van der Waals surface area (Å²) in [7, 11) is 0. The molecular weight excluding hydrogens is 344 g/mol. The van der Waals surface area contributed by atoms with E-state index < -0.39 is 0 Å². The van der Waals surface area contributed by atoms with E-state index in [0.717, 1.165) is 48.3 Å². The Morgan fingerprint density at radius 3 is 2.89 bits per heavy atom. The van der Waals surface area contributed by atoms with E-state index in [1.165, 1.54) is 0 Å². The Kier molecular flexibility index (Phi) is 4.88. The molecule has 0 radical (unpaired) electrons. The van der Waals surface area contributed by atoms with Crippen LogP contribution in [0.25, 0.3) is 0 Å². The summed E-state index contributed by atoms with van der Waals surface area (Å²) in [5.74, 6) is 1.63. The van der Waals surface area contributed by atoms with Gasteiger partial charge in [0.25, 0.3) is 11.5 Å². The fourth-order valence-corrected chi connectivity index (χ4v) is 3.65. The van der Waals surface area contributed by atoms with Crippen LogP contribution in [0.5, 0.6) is 11.5 Å².